The molecule has 16 heterocycles. The van der Waals surface area contributed by atoms with E-state index in [1.165, 1.54) is 128 Å². The number of amidine groups is 4. The molecule has 0 bridgehead atoms. The Hall–Kier alpha value is -10.5. The van der Waals surface area contributed by atoms with Crippen molar-refractivity contribution in [3.8, 4) is 0 Å². The number of urea groups is 1. The Morgan fingerprint density at radius 3 is 1.09 bits per heavy atom. The smallest absolute Gasteiger partial charge is 0.407 e. The van der Waals surface area contributed by atoms with Crippen LogP contribution < -0.4 is 30.7 Å². The van der Waals surface area contributed by atoms with Crippen molar-refractivity contribution in [1.82, 2.24) is 70.2 Å². The van der Waals surface area contributed by atoms with Gasteiger partial charge in [0.2, 0.25) is 0 Å². The molecular weight excluding hydrogens is 1760 g/mol. The number of nitrogens with one attached hydrogen (secondary N) is 6. The number of ketones is 4. The molecule has 29 nitrogen and oxygen atoms in total. The van der Waals surface area contributed by atoms with E-state index >= 15 is 0 Å². The van der Waals surface area contributed by atoms with Crippen LogP contribution in [0.2, 0.25) is 20.1 Å². The molecule has 0 aliphatic carbocycles. The number of carbonyl (C=O) groups excluding carboxylic acids is 7. The SMILES string of the molecule is CC(=O)C1=C2CC3(CNC(=O)N3)CN2C(c2nccs2)=N[C@H]1c1ccc(F)cc1Cl.CC(=O)C1=C2CC3(CNC(=O)O3)CN2C(c2nccs2)=N[C@H]1c1ccc(F)cc1Cl.CC(=O)C1=C2CC3(CNS(=O)(=O)N3)CN2C(c2nccs2)=N[C@H]1c1ccc(F)cc1Cl.CC(=O)C1=C2CC3(COC(=O)N3)CN2C(c2nccs2)=N[C@H]1c1ccc(F)cc1Cl. The number of alkyl carbamates (subject to hydrolysis) is 2. The van der Waals surface area contributed by atoms with E-state index in [-0.39, 0.29) is 62.4 Å². The number of benzene rings is 4. The molecule has 4 aromatic carbocycles. The molecule has 42 heteroatoms. The number of cyclic esters (lactones) is 1. The lowest BCUT2D eigenvalue weighted by molar-refractivity contribution is -0.114. The summed E-state index contributed by atoms with van der Waals surface area (Å²) in [5.41, 5.74) is 4.14. The zero-order valence-electron chi connectivity index (χ0n) is 63.8. The van der Waals surface area contributed by atoms with Gasteiger partial charge in [0.15, 0.2) is 72.1 Å². The fraction of sp³-hybridized carbons (Fsp3) is 0.304. The van der Waals surface area contributed by atoms with Gasteiger partial charge in [-0.3, -0.25) is 39.1 Å². The van der Waals surface area contributed by atoms with Crippen LogP contribution in [0.4, 0.5) is 31.9 Å². The second-order valence-electron chi connectivity index (χ2n) is 30.4. The molecule has 4 unspecified atom stereocenters. The van der Waals surface area contributed by atoms with Crippen molar-refractivity contribution in [2.75, 3.05) is 52.4 Å². The number of hydrogen-bond donors (Lipinski definition) is 6. The monoisotopic (exact) mass is 1820 g/mol. The van der Waals surface area contributed by atoms with Gasteiger partial charge in [0.05, 0.1) is 30.7 Å². The summed E-state index contributed by atoms with van der Waals surface area (Å²) in [6.45, 7) is 8.59. The second kappa shape index (κ2) is 32.1. The van der Waals surface area contributed by atoms with Crippen LogP contribution in [0.15, 0.2) is 184 Å². The van der Waals surface area contributed by atoms with Crippen LogP contribution in [0.1, 0.15) is 120 Å². The first kappa shape index (κ1) is 82.8. The van der Waals surface area contributed by atoms with Gasteiger partial charge in [-0.1, -0.05) is 70.7 Å². The highest BCUT2D eigenvalue weighted by molar-refractivity contribution is 7.87. The molecule has 20 rings (SSSR count). The number of fused-ring (bicyclic) bond motifs is 4. The molecule has 0 radical (unpaired) electrons. The Morgan fingerprint density at radius 2 is 0.793 bits per heavy atom. The van der Waals surface area contributed by atoms with Crippen LogP contribution in [0.5, 0.6) is 0 Å². The van der Waals surface area contributed by atoms with Crippen molar-refractivity contribution in [1.29, 1.82) is 0 Å². The van der Waals surface area contributed by atoms with Crippen LogP contribution in [0, 0.1) is 23.3 Å². The van der Waals surface area contributed by atoms with Gasteiger partial charge in [-0.05, 0) is 76.2 Å². The summed E-state index contributed by atoms with van der Waals surface area (Å²) in [4.78, 5) is 131. The van der Waals surface area contributed by atoms with Gasteiger partial charge in [0.25, 0.3) is 10.2 Å². The molecule has 12 aliphatic rings. The number of aromatic nitrogens is 4. The number of ether oxygens (including phenoxy) is 2. The third kappa shape index (κ3) is 15.7. The van der Waals surface area contributed by atoms with Crippen molar-refractivity contribution in [2.45, 2.75) is 99.8 Å². The molecule has 121 heavy (non-hydrogen) atoms. The fourth-order valence-electron chi connectivity index (χ4n) is 17.2. The van der Waals surface area contributed by atoms with Gasteiger partial charge in [0.1, 0.15) is 59.6 Å². The number of amides is 4. The van der Waals surface area contributed by atoms with Crippen LogP contribution in [0.25, 0.3) is 0 Å². The van der Waals surface area contributed by atoms with Crippen LogP contribution in [-0.4, -0.2) is 187 Å². The Balaban J connectivity index is 0.000000115. The summed E-state index contributed by atoms with van der Waals surface area (Å²) in [6, 6.07) is 13.1. The predicted molar refractivity (Wildman–Crippen MR) is 444 cm³/mol. The van der Waals surface area contributed by atoms with E-state index in [1.54, 1.807) is 43.0 Å². The van der Waals surface area contributed by atoms with Gasteiger partial charge >= 0.3 is 18.2 Å². The normalized spacial score (nSPS) is 25.7. The number of carbonyl (C=O) groups is 7. The summed E-state index contributed by atoms with van der Waals surface area (Å²) in [6.07, 6.45) is 7.28. The van der Waals surface area contributed by atoms with E-state index in [9.17, 15) is 59.5 Å². The number of nitrogens with zero attached hydrogens (tertiary/aromatic N) is 12. The Morgan fingerprint density at radius 1 is 0.446 bits per heavy atom. The summed E-state index contributed by atoms with van der Waals surface area (Å²) < 4.78 is 94.7. The maximum atomic E-state index is 13.7. The predicted octanol–water partition coefficient (Wildman–Crippen LogP) is 12.1. The van der Waals surface area contributed by atoms with E-state index < -0.39 is 92.0 Å². The first-order chi connectivity index (χ1) is 57.8. The Labute approximate surface area is 722 Å². The van der Waals surface area contributed by atoms with E-state index in [4.69, 9.17) is 75.8 Å². The van der Waals surface area contributed by atoms with E-state index in [0.717, 1.165) is 17.1 Å². The maximum absolute atomic E-state index is 13.7. The summed E-state index contributed by atoms with van der Waals surface area (Å²) in [5.74, 6) is -0.240. The van der Waals surface area contributed by atoms with Crippen LogP contribution in [-0.2, 0) is 38.9 Å². The van der Waals surface area contributed by atoms with Crippen molar-refractivity contribution >= 4 is 167 Å². The quantitative estimate of drug-likeness (QED) is 0.0619. The first-order valence-electron chi connectivity index (χ1n) is 37.3. The molecule has 624 valence electrons. The third-order valence-corrected chi connectivity index (χ3v) is 27.8. The lowest BCUT2D eigenvalue weighted by atomic mass is 9.90. The van der Waals surface area contributed by atoms with Gasteiger partial charge in [-0.25, -0.2) is 56.6 Å². The molecule has 4 aromatic heterocycles. The minimum absolute atomic E-state index is 0.142. The van der Waals surface area contributed by atoms with Crippen molar-refractivity contribution in [3.63, 3.8) is 0 Å². The molecule has 8 aromatic rings. The van der Waals surface area contributed by atoms with Crippen LogP contribution in [0.3, 0.4) is 0 Å². The maximum Gasteiger partial charge on any atom is 0.407 e. The molecule has 4 spiro atoms. The summed E-state index contributed by atoms with van der Waals surface area (Å²) in [7, 11) is -3.62. The van der Waals surface area contributed by atoms with Gasteiger partial charge in [-0.15, -0.1) is 45.3 Å². The summed E-state index contributed by atoms with van der Waals surface area (Å²) in [5, 5.41) is 22.2. The highest BCUT2D eigenvalue weighted by Crippen LogP contribution is 2.52. The zero-order valence-corrected chi connectivity index (χ0v) is 70.9. The van der Waals surface area contributed by atoms with Crippen molar-refractivity contribution in [2.24, 2.45) is 20.0 Å². The standard InChI is InChI=1S/C20H17ClFN5O2S.2C20H16ClFN4O3S.C19H17ClFN5O3S2/c1-10(28)15-14-7-20(8-24-19(29)26-20)9-27(14)17(18-23-4-5-30-18)25-16(15)12-3-2-11(22)6-13(12)21;1-10(27)15-14-7-20(9-29-19(28)25-20)8-26(14)17(18-23-4-5-30-18)24-16(15)12-3-2-11(22)6-13(12)21;1-10(27)15-14-7-20(8-24-19(28)29-20)9-26(14)17(18-23-4-5-30-18)25-16(15)12-3-2-11(22)6-13(12)21;1-10(27)15-14-7-19(8-23-31(28,29)25-19)9-26(14)17(18-22-4-5-30-18)24-16(15)12-3-2-11(21)6-13(12)20/h2-6,16H,7-9H2,1H3,(H2,24,26,29);2-6,16H,7-9H2,1H3,(H,25,28);2-6,16H,7-9H2,1H3,(H,24,28);2-6,16,23,25H,7-9H2,1H3/t3*16-,20?;16-,19?/m0000/s1. The number of thiazole rings is 4. The minimum Gasteiger partial charge on any atom is -0.447 e. The van der Waals surface area contributed by atoms with Crippen molar-refractivity contribution in [3.05, 3.63) is 250 Å². The molecule has 8 saturated heterocycles. The molecule has 12 aliphatic heterocycles. The zero-order chi connectivity index (χ0) is 85.1. The Kier molecular flexibility index (Phi) is 21.9. The number of halogens is 8. The van der Waals surface area contributed by atoms with Gasteiger partial charge in [0, 0.05) is 186 Å². The Bertz CT molecular complexity index is 5690. The van der Waals surface area contributed by atoms with Gasteiger partial charge < -0.3 is 50.3 Å². The molecular formula is C79H66Cl4F4N18O11S5. The lowest BCUT2D eigenvalue weighted by Gasteiger charge is -2.32. The van der Waals surface area contributed by atoms with Gasteiger partial charge in [-0.2, -0.15) is 13.1 Å². The van der Waals surface area contributed by atoms with E-state index in [0.29, 0.717) is 159 Å². The average Bonchev–Trinajstić information content (AvgIpc) is 1.59. The molecule has 4 amide bonds. The molecule has 6 N–H and O–H groups in total. The van der Waals surface area contributed by atoms with Crippen molar-refractivity contribution < 1.29 is 69.0 Å². The average molecular weight is 1820 g/mol. The third-order valence-electron chi connectivity index (χ3n) is 22.2. The van der Waals surface area contributed by atoms with E-state index in [2.05, 4.69) is 50.6 Å². The summed E-state index contributed by atoms with van der Waals surface area (Å²) >= 11 is 31.0. The lowest BCUT2D eigenvalue weighted by Crippen LogP contribution is -2.47. The second-order valence-corrected chi connectivity index (χ2v) is 37.1. The molecule has 8 fully saturated rings. The number of aliphatic imine (C=N–C) groups is 4. The highest BCUT2D eigenvalue weighted by Gasteiger charge is 2.57. The highest BCUT2D eigenvalue weighted by atomic mass is 35.5. The fourth-order valence-corrected chi connectivity index (χ4v) is 22.2. The molecule has 8 atom stereocenters. The molecule has 0 saturated carbocycles. The van der Waals surface area contributed by atoms with Crippen LogP contribution >= 0.6 is 91.8 Å². The number of hydrogen-bond acceptors (Lipinski definition) is 27. The number of rotatable bonds is 12. The topological polar surface area (TPSA) is 358 Å². The largest absolute Gasteiger partial charge is 0.447 e. The number of Topliss-reactive ketones (excluding diaryl/α,β-unsaturated/α-hetero) is 4. The minimum atomic E-state index is -3.62. The van der Waals surface area contributed by atoms with E-state index in [1.807, 2.05) is 41.1 Å². The first-order valence-corrected chi connectivity index (χ1v) is 43.8.